The van der Waals surface area contributed by atoms with E-state index < -0.39 is 0 Å². The first-order chi connectivity index (χ1) is 9.78. The van der Waals surface area contributed by atoms with Crippen LogP contribution in [0.25, 0.3) is 0 Å². The van der Waals surface area contributed by atoms with Crippen LogP contribution in [0.3, 0.4) is 0 Å². The van der Waals surface area contributed by atoms with E-state index in [-0.39, 0.29) is 0 Å². The Morgan fingerprint density at radius 3 is 2.80 bits per heavy atom. The normalized spacial score (nSPS) is 10.7. The summed E-state index contributed by atoms with van der Waals surface area (Å²) in [6, 6.07) is 8.46. The zero-order valence-electron chi connectivity index (χ0n) is 12.2. The van der Waals surface area contributed by atoms with Gasteiger partial charge in [0.25, 0.3) is 0 Å². The van der Waals surface area contributed by atoms with E-state index in [2.05, 4.69) is 53.8 Å². The van der Waals surface area contributed by atoms with Gasteiger partial charge in [-0.3, -0.25) is 0 Å². The molecular weight excluding hydrogens is 268 g/mol. The lowest BCUT2D eigenvalue weighted by atomic mass is 10.2. The largest absolute Gasteiger partial charge is 0.385 e. The molecule has 0 unspecified atom stereocenters. The highest BCUT2D eigenvalue weighted by Gasteiger charge is 2.02. The highest BCUT2D eigenvalue weighted by molar-refractivity contribution is 7.09. The molecule has 2 rings (SSSR count). The molecule has 1 heterocycles. The summed E-state index contributed by atoms with van der Waals surface area (Å²) < 4.78 is 5.50. The molecule has 1 aromatic heterocycles. The van der Waals surface area contributed by atoms with Crippen molar-refractivity contribution < 1.29 is 4.74 Å². The van der Waals surface area contributed by atoms with Crippen molar-refractivity contribution in [3.63, 3.8) is 0 Å². The lowest BCUT2D eigenvalue weighted by molar-refractivity contribution is 0.121. The Bertz CT molecular complexity index is 507. The highest BCUT2D eigenvalue weighted by atomic mass is 32.1. The first-order valence-electron chi connectivity index (χ1n) is 7.09. The number of ether oxygens (including phenoxy) is 1. The smallest absolute Gasteiger partial charge is 0.119 e. The molecule has 1 N–H and O–H groups in total. The van der Waals surface area contributed by atoms with E-state index in [0.717, 1.165) is 42.4 Å². The molecule has 1 aromatic carbocycles. The molecule has 0 atom stereocenters. The predicted molar refractivity (Wildman–Crippen MR) is 85.4 cm³/mol. The Balaban J connectivity index is 1.72. The molecule has 3 nitrogen and oxygen atoms in total. The maximum absolute atomic E-state index is 5.50. The number of rotatable bonds is 8. The van der Waals surface area contributed by atoms with E-state index >= 15 is 0 Å². The maximum atomic E-state index is 5.50. The number of nitrogens with zero attached hydrogens (tertiary/aromatic N) is 1. The molecule has 0 amide bonds. The van der Waals surface area contributed by atoms with Gasteiger partial charge in [0, 0.05) is 30.6 Å². The van der Waals surface area contributed by atoms with Crippen molar-refractivity contribution in [1.82, 2.24) is 4.98 Å². The van der Waals surface area contributed by atoms with E-state index in [1.165, 1.54) is 5.56 Å². The molecule has 4 heteroatoms. The quantitative estimate of drug-likeness (QED) is 0.745. The topological polar surface area (TPSA) is 34.1 Å². The summed E-state index contributed by atoms with van der Waals surface area (Å²) >= 11 is 1.68. The first-order valence-corrected chi connectivity index (χ1v) is 7.97. The Labute approximate surface area is 125 Å². The molecule has 0 fully saturated rings. The van der Waals surface area contributed by atoms with Crippen molar-refractivity contribution in [2.24, 2.45) is 0 Å². The SMILES string of the molecule is CCCOCc1nc(CCNc2ccc(C)cc2)cs1. The van der Waals surface area contributed by atoms with Crippen molar-refractivity contribution in [2.75, 3.05) is 18.5 Å². The van der Waals surface area contributed by atoms with Crippen LogP contribution in [0.2, 0.25) is 0 Å². The average molecular weight is 290 g/mol. The van der Waals surface area contributed by atoms with Crippen LogP contribution in [0.5, 0.6) is 0 Å². The molecule has 0 aliphatic heterocycles. The van der Waals surface area contributed by atoms with Gasteiger partial charge < -0.3 is 10.1 Å². The minimum atomic E-state index is 0.643. The summed E-state index contributed by atoms with van der Waals surface area (Å²) in [5.41, 5.74) is 3.59. The third kappa shape index (κ3) is 4.94. The zero-order valence-corrected chi connectivity index (χ0v) is 13.0. The molecule has 0 spiro atoms. The third-order valence-corrected chi connectivity index (χ3v) is 3.81. The molecule has 20 heavy (non-hydrogen) atoms. The van der Waals surface area contributed by atoms with Crippen molar-refractivity contribution in [1.29, 1.82) is 0 Å². The van der Waals surface area contributed by atoms with E-state index in [1.54, 1.807) is 11.3 Å². The van der Waals surface area contributed by atoms with Gasteiger partial charge in [-0.25, -0.2) is 4.98 Å². The zero-order chi connectivity index (χ0) is 14.2. The fourth-order valence-corrected chi connectivity index (χ4v) is 2.60. The molecule has 0 radical (unpaired) electrons. The fourth-order valence-electron chi connectivity index (χ4n) is 1.84. The van der Waals surface area contributed by atoms with Gasteiger partial charge in [0.2, 0.25) is 0 Å². The van der Waals surface area contributed by atoms with Gasteiger partial charge in [0.1, 0.15) is 5.01 Å². The van der Waals surface area contributed by atoms with E-state index in [9.17, 15) is 0 Å². The molecule has 0 saturated carbocycles. The Kier molecular flexibility index (Phi) is 6.02. The number of benzene rings is 1. The summed E-state index contributed by atoms with van der Waals surface area (Å²) in [5, 5.41) is 6.61. The van der Waals surface area contributed by atoms with Crippen LogP contribution >= 0.6 is 11.3 Å². The molecule has 0 aliphatic carbocycles. The molecular formula is C16H22N2OS. The summed E-state index contributed by atoms with van der Waals surface area (Å²) in [7, 11) is 0. The number of thiazole rings is 1. The number of nitrogens with one attached hydrogen (secondary N) is 1. The van der Waals surface area contributed by atoms with Crippen molar-refractivity contribution in [3.05, 3.63) is 45.9 Å². The summed E-state index contributed by atoms with van der Waals surface area (Å²) in [6.45, 7) is 6.57. The predicted octanol–water partition coefficient (Wildman–Crippen LogP) is 4.03. The average Bonchev–Trinajstić information content (AvgIpc) is 2.89. The Morgan fingerprint density at radius 1 is 1.25 bits per heavy atom. The summed E-state index contributed by atoms with van der Waals surface area (Å²) in [4.78, 5) is 4.58. The van der Waals surface area contributed by atoms with Gasteiger partial charge >= 0.3 is 0 Å². The third-order valence-electron chi connectivity index (χ3n) is 2.94. The van der Waals surface area contributed by atoms with Gasteiger partial charge in [0.05, 0.1) is 12.3 Å². The van der Waals surface area contributed by atoms with Crippen LogP contribution in [-0.4, -0.2) is 18.1 Å². The molecule has 0 bridgehead atoms. The standard InChI is InChI=1S/C16H22N2OS/c1-3-10-19-11-16-18-15(12-20-16)8-9-17-14-6-4-13(2)5-7-14/h4-7,12,17H,3,8-11H2,1-2H3. The highest BCUT2D eigenvalue weighted by Crippen LogP contribution is 2.13. The maximum Gasteiger partial charge on any atom is 0.119 e. The minimum Gasteiger partial charge on any atom is -0.385 e. The van der Waals surface area contributed by atoms with Crippen LogP contribution in [-0.2, 0) is 17.8 Å². The van der Waals surface area contributed by atoms with E-state index in [0.29, 0.717) is 6.61 Å². The fraction of sp³-hybridized carbons (Fsp3) is 0.438. The van der Waals surface area contributed by atoms with Gasteiger partial charge in [-0.05, 0) is 25.5 Å². The lowest BCUT2D eigenvalue weighted by Gasteiger charge is -2.05. The van der Waals surface area contributed by atoms with Crippen LogP contribution in [0.1, 0.15) is 29.6 Å². The van der Waals surface area contributed by atoms with Gasteiger partial charge in [-0.2, -0.15) is 0 Å². The van der Waals surface area contributed by atoms with Crippen molar-refractivity contribution >= 4 is 17.0 Å². The van der Waals surface area contributed by atoms with Gasteiger partial charge in [0.15, 0.2) is 0 Å². The van der Waals surface area contributed by atoms with Crippen LogP contribution < -0.4 is 5.32 Å². The molecule has 0 aliphatic rings. The first kappa shape index (κ1) is 15.0. The van der Waals surface area contributed by atoms with Crippen LogP contribution in [0.4, 0.5) is 5.69 Å². The number of aromatic nitrogens is 1. The van der Waals surface area contributed by atoms with Crippen LogP contribution in [0.15, 0.2) is 29.6 Å². The Hall–Kier alpha value is -1.39. The number of anilines is 1. The minimum absolute atomic E-state index is 0.643. The second-order valence-corrected chi connectivity index (χ2v) is 5.77. The van der Waals surface area contributed by atoms with Crippen molar-refractivity contribution in [2.45, 2.75) is 33.3 Å². The lowest BCUT2D eigenvalue weighted by Crippen LogP contribution is -2.05. The van der Waals surface area contributed by atoms with Crippen LogP contribution in [0, 0.1) is 6.92 Å². The number of hydrogen-bond acceptors (Lipinski definition) is 4. The summed E-state index contributed by atoms with van der Waals surface area (Å²) in [6.07, 6.45) is 2.00. The van der Waals surface area contributed by atoms with Gasteiger partial charge in [-0.1, -0.05) is 24.6 Å². The van der Waals surface area contributed by atoms with E-state index in [1.807, 2.05) is 0 Å². The van der Waals surface area contributed by atoms with Crippen molar-refractivity contribution in [3.8, 4) is 0 Å². The number of hydrogen-bond donors (Lipinski definition) is 1. The molecule has 2 aromatic rings. The molecule has 0 saturated heterocycles. The Morgan fingerprint density at radius 2 is 2.05 bits per heavy atom. The monoisotopic (exact) mass is 290 g/mol. The second-order valence-electron chi connectivity index (χ2n) is 4.83. The second kappa shape index (κ2) is 8.02. The van der Waals surface area contributed by atoms with Gasteiger partial charge in [-0.15, -0.1) is 11.3 Å². The number of aryl methyl sites for hydroxylation is 1. The molecule has 108 valence electrons. The van der Waals surface area contributed by atoms with E-state index in [4.69, 9.17) is 4.74 Å². The summed E-state index contributed by atoms with van der Waals surface area (Å²) in [5.74, 6) is 0.